The van der Waals surface area contributed by atoms with Crippen molar-refractivity contribution in [2.45, 2.75) is 52.2 Å². The lowest BCUT2D eigenvalue weighted by atomic mass is 10.1. The Morgan fingerprint density at radius 1 is 1.04 bits per heavy atom. The van der Waals surface area contributed by atoms with Crippen LogP contribution in [0.4, 0.5) is 0 Å². The van der Waals surface area contributed by atoms with E-state index in [2.05, 4.69) is 58.4 Å². The topological polar surface area (TPSA) is 18.5 Å². The Morgan fingerprint density at radius 2 is 1.61 bits per heavy atom. The van der Waals surface area contributed by atoms with Crippen LogP contribution in [-0.4, -0.2) is 29.1 Å². The largest absolute Gasteiger partial charge is 0.497 e. The third-order valence-electron chi connectivity index (χ3n) is 4.14. The molecule has 124 valence electrons. The summed E-state index contributed by atoms with van der Waals surface area (Å²) in [6.07, 6.45) is 0. The minimum absolute atomic E-state index is 0.176. The predicted octanol–water partition coefficient (Wildman–Crippen LogP) is 4.77. The van der Waals surface area contributed by atoms with E-state index in [1.807, 2.05) is 24.3 Å². The Hall–Kier alpha value is -1.29. The summed E-state index contributed by atoms with van der Waals surface area (Å²) in [6.45, 7) is 16.1. The molecule has 1 aromatic carbocycles. The van der Waals surface area contributed by atoms with Crippen molar-refractivity contribution in [2.24, 2.45) is 0 Å². The molecule has 0 spiro atoms. The first-order chi connectivity index (χ1) is 10.5. The molecule has 1 aliphatic heterocycles. The van der Waals surface area contributed by atoms with E-state index in [0.717, 1.165) is 11.3 Å². The minimum atomic E-state index is -1.93. The van der Waals surface area contributed by atoms with Gasteiger partial charge in [-0.05, 0) is 56.4 Å². The molecule has 0 unspecified atom stereocenters. The van der Waals surface area contributed by atoms with Crippen LogP contribution in [0.5, 0.6) is 5.75 Å². The highest BCUT2D eigenvalue weighted by Crippen LogP contribution is 2.43. The zero-order valence-electron chi connectivity index (χ0n) is 15.6. The van der Waals surface area contributed by atoms with Gasteiger partial charge in [0.15, 0.2) is 0 Å². The van der Waals surface area contributed by atoms with Gasteiger partial charge >= 0.3 is 0 Å². The Balaban J connectivity index is 2.51. The summed E-state index contributed by atoms with van der Waals surface area (Å²) in [7, 11) is -1.75. The van der Waals surface area contributed by atoms with Gasteiger partial charge in [0.2, 0.25) is 8.32 Å². The Morgan fingerprint density at radius 3 is 2.09 bits per heavy atom. The maximum atomic E-state index is 6.49. The molecule has 2 nitrogen and oxygen atoms in total. The molecule has 0 atom stereocenters. The van der Waals surface area contributed by atoms with Crippen molar-refractivity contribution < 1.29 is 9.16 Å². The second kappa shape index (κ2) is 5.97. The average Bonchev–Trinajstić information content (AvgIpc) is 2.60. The highest BCUT2D eigenvalue weighted by atomic mass is 28.4. The van der Waals surface area contributed by atoms with Crippen LogP contribution >= 0.6 is 0 Å². The second-order valence-corrected chi connectivity index (χ2v) is 16.8. The van der Waals surface area contributed by atoms with E-state index in [9.17, 15) is 0 Å². The van der Waals surface area contributed by atoms with E-state index in [-0.39, 0.29) is 5.60 Å². The smallest absolute Gasteiger partial charge is 0.227 e. The normalized spacial score (nSPS) is 19.3. The molecule has 23 heavy (non-hydrogen) atoms. The van der Waals surface area contributed by atoms with Crippen molar-refractivity contribution in [3.05, 3.63) is 40.2 Å². The summed E-state index contributed by atoms with van der Waals surface area (Å²) < 4.78 is 11.7. The maximum absolute atomic E-state index is 6.49. The Bertz CT molecular complexity index is 681. The Labute approximate surface area is 143 Å². The summed E-state index contributed by atoms with van der Waals surface area (Å²) in [5, 5.41) is 2.79. The van der Waals surface area contributed by atoms with Gasteiger partial charge in [-0.15, -0.1) is 0 Å². The van der Waals surface area contributed by atoms with Crippen LogP contribution in [0.3, 0.4) is 0 Å². The second-order valence-electron chi connectivity index (χ2n) is 8.10. The molecule has 0 bridgehead atoms. The molecule has 1 aliphatic rings. The number of benzene rings is 1. The van der Waals surface area contributed by atoms with Crippen LogP contribution in [0.15, 0.2) is 34.7 Å². The number of hydrogen-bond donors (Lipinski definition) is 0. The van der Waals surface area contributed by atoms with E-state index in [0.29, 0.717) is 0 Å². The fourth-order valence-electron chi connectivity index (χ4n) is 3.64. The maximum Gasteiger partial charge on any atom is 0.227 e. The molecule has 0 amide bonds. The van der Waals surface area contributed by atoms with Gasteiger partial charge in [-0.2, -0.15) is 0 Å². The molecule has 0 saturated heterocycles. The molecule has 1 aromatic rings. The fourth-order valence-corrected chi connectivity index (χ4v) is 11.2. The van der Waals surface area contributed by atoms with Crippen LogP contribution in [0.1, 0.15) is 19.4 Å². The zero-order chi connectivity index (χ0) is 17.5. The highest BCUT2D eigenvalue weighted by Gasteiger charge is 2.50. The Kier molecular flexibility index (Phi) is 4.69. The van der Waals surface area contributed by atoms with E-state index < -0.39 is 16.4 Å². The van der Waals surface area contributed by atoms with Crippen molar-refractivity contribution in [1.82, 2.24) is 0 Å². The van der Waals surface area contributed by atoms with Gasteiger partial charge in [0.25, 0.3) is 0 Å². The summed E-state index contributed by atoms with van der Waals surface area (Å²) in [5.74, 6) is 7.70. The predicted molar refractivity (Wildman–Crippen MR) is 103 cm³/mol. The first-order valence-corrected chi connectivity index (χ1v) is 14.5. The zero-order valence-corrected chi connectivity index (χ0v) is 17.6. The molecule has 2 rings (SSSR count). The van der Waals surface area contributed by atoms with E-state index in [4.69, 9.17) is 9.16 Å². The van der Waals surface area contributed by atoms with Gasteiger partial charge in [-0.3, -0.25) is 0 Å². The molecule has 0 fully saturated rings. The molecule has 0 aromatic heterocycles. The number of ether oxygens (including phenoxy) is 1. The van der Waals surface area contributed by atoms with Crippen LogP contribution < -0.4 is 4.74 Å². The highest BCUT2D eigenvalue weighted by molar-refractivity contribution is 6.89. The average molecular weight is 345 g/mol. The summed E-state index contributed by atoms with van der Waals surface area (Å²) >= 11 is 0. The summed E-state index contributed by atoms with van der Waals surface area (Å²) in [4.78, 5) is 0. The van der Waals surface area contributed by atoms with Gasteiger partial charge in [0.1, 0.15) is 5.75 Å². The first kappa shape index (κ1) is 18.1. The van der Waals surface area contributed by atoms with Gasteiger partial charge in [-0.1, -0.05) is 31.5 Å². The lowest BCUT2D eigenvalue weighted by Gasteiger charge is -2.32. The van der Waals surface area contributed by atoms with E-state index in [1.54, 1.807) is 7.11 Å². The molecule has 0 saturated carbocycles. The minimum Gasteiger partial charge on any atom is -0.497 e. The van der Waals surface area contributed by atoms with Crippen molar-refractivity contribution in [3.8, 4) is 17.6 Å². The molecule has 0 N–H and O–H groups in total. The third-order valence-corrected chi connectivity index (χ3v) is 9.34. The standard InChI is InChI=1S/C19H28O2Si2/c1-19(2)18(22(4,5)6)17(23(7,8)21-19)14-11-15-9-12-16(20-3)13-10-15/h9-10,12-13H,1-8H3. The van der Waals surface area contributed by atoms with Gasteiger partial charge in [-0.25, -0.2) is 0 Å². The van der Waals surface area contributed by atoms with Crippen molar-refractivity contribution in [1.29, 1.82) is 0 Å². The lowest BCUT2D eigenvalue weighted by Crippen LogP contribution is -2.39. The van der Waals surface area contributed by atoms with Crippen LogP contribution in [0.25, 0.3) is 0 Å². The van der Waals surface area contributed by atoms with Gasteiger partial charge < -0.3 is 9.16 Å². The monoisotopic (exact) mass is 344 g/mol. The van der Waals surface area contributed by atoms with Crippen LogP contribution in [0.2, 0.25) is 32.7 Å². The SMILES string of the molecule is COc1ccc(C#CC2=C([Si](C)(C)C)C(C)(C)O[Si]2(C)C)cc1. The molecule has 0 radical (unpaired) electrons. The van der Waals surface area contributed by atoms with Crippen molar-refractivity contribution in [2.75, 3.05) is 7.11 Å². The van der Waals surface area contributed by atoms with Gasteiger partial charge in [0.05, 0.1) is 20.8 Å². The number of methoxy groups -OCH3 is 1. The van der Waals surface area contributed by atoms with Gasteiger partial charge in [0, 0.05) is 10.8 Å². The molecule has 0 aliphatic carbocycles. The van der Waals surface area contributed by atoms with Crippen LogP contribution in [-0.2, 0) is 4.43 Å². The number of rotatable bonds is 2. The lowest BCUT2D eigenvalue weighted by molar-refractivity contribution is 0.162. The van der Waals surface area contributed by atoms with Crippen molar-refractivity contribution >= 4 is 16.4 Å². The molecular weight excluding hydrogens is 316 g/mol. The third kappa shape index (κ3) is 3.80. The molecule has 4 heteroatoms. The van der Waals surface area contributed by atoms with E-state index >= 15 is 0 Å². The quantitative estimate of drug-likeness (QED) is 0.568. The summed E-state index contributed by atoms with van der Waals surface area (Å²) in [5.41, 5.74) is 0.840. The molecular formula is C19H28O2Si2. The van der Waals surface area contributed by atoms with E-state index in [1.165, 1.54) is 10.4 Å². The molecule has 1 heterocycles. The number of hydrogen-bond acceptors (Lipinski definition) is 2. The first-order valence-electron chi connectivity index (χ1n) is 8.09. The fraction of sp³-hybridized carbons (Fsp3) is 0.474. The van der Waals surface area contributed by atoms with Crippen molar-refractivity contribution in [3.63, 3.8) is 0 Å². The number of allylic oxidation sites excluding steroid dienone is 1. The van der Waals surface area contributed by atoms with Crippen LogP contribution in [0, 0.1) is 11.8 Å². The summed E-state index contributed by atoms with van der Waals surface area (Å²) in [6, 6.07) is 7.93.